The fourth-order valence-electron chi connectivity index (χ4n) is 3.52. The summed E-state index contributed by atoms with van der Waals surface area (Å²) in [7, 11) is 0. The summed E-state index contributed by atoms with van der Waals surface area (Å²) in [6.45, 7) is 11.8. The number of benzene rings is 1. The van der Waals surface area contributed by atoms with Crippen molar-refractivity contribution in [3.8, 4) is 0 Å². The highest BCUT2D eigenvalue weighted by molar-refractivity contribution is 5.46. The van der Waals surface area contributed by atoms with Crippen LogP contribution >= 0.6 is 0 Å². The van der Waals surface area contributed by atoms with Gasteiger partial charge in [0.05, 0.1) is 6.04 Å². The predicted molar refractivity (Wildman–Crippen MR) is 101 cm³/mol. The van der Waals surface area contributed by atoms with E-state index in [0.717, 1.165) is 51.4 Å². The number of nitrogens with zero attached hydrogens (tertiary/aromatic N) is 6. The molecule has 1 aromatic carbocycles. The van der Waals surface area contributed by atoms with Gasteiger partial charge in [0, 0.05) is 38.4 Å². The van der Waals surface area contributed by atoms with Crippen LogP contribution in [0.2, 0.25) is 0 Å². The summed E-state index contributed by atoms with van der Waals surface area (Å²) < 4.78 is 2.01. The standard InChI is InChI=1S/C19H30N6/c1-4-18(19-20-21-22-25(19)11-10-16(2)3)24-14-12-23(13-15-24)17-8-6-5-7-9-17/h5-9,16,18H,4,10-15H2,1-3H3/t18-/m1/s1. The van der Waals surface area contributed by atoms with Crippen molar-refractivity contribution in [1.82, 2.24) is 25.1 Å². The summed E-state index contributed by atoms with van der Waals surface area (Å²) >= 11 is 0. The largest absolute Gasteiger partial charge is 0.369 e. The van der Waals surface area contributed by atoms with Gasteiger partial charge in [-0.3, -0.25) is 4.90 Å². The Bertz CT molecular complexity index is 630. The molecule has 0 N–H and O–H groups in total. The van der Waals surface area contributed by atoms with Crippen LogP contribution in [0, 0.1) is 5.92 Å². The number of hydrogen-bond acceptors (Lipinski definition) is 5. The van der Waals surface area contributed by atoms with Crippen LogP contribution < -0.4 is 4.90 Å². The highest BCUT2D eigenvalue weighted by Gasteiger charge is 2.27. The van der Waals surface area contributed by atoms with E-state index >= 15 is 0 Å². The quantitative estimate of drug-likeness (QED) is 0.774. The maximum Gasteiger partial charge on any atom is 0.168 e. The lowest BCUT2D eigenvalue weighted by molar-refractivity contribution is 0.168. The molecule has 0 spiro atoms. The van der Waals surface area contributed by atoms with Crippen LogP contribution in [-0.2, 0) is 6.54 Å². The van der Waals surface area contributed by atoms with Gasteiger partial charge < -0.3 is 4.90 Å². The molecular weight excluding hydrogens is 312 g/mol. The molecular formula is C19H30N6. The molecule has 2 aromatic rings. The van der Waals surface area contributed by atoms with E-state index in [1.165, 1.54) is 5.69 Å². The van der Waals surface area contributed by atoms with E-state index < -0.39 is 0 Å². The molecule has 0 saturated carbocycles. The molecule has 0 bridgehead atoms. The highest BCUT2D eigenvalue weighted by atomic mass is 15.5. The zero-order valence-electron chi connectivity index (χ0n) is 15.7. The van der Waals surface area contributed by atoms with E-state index in [1.807, 2.05) is 4.68 Å². The lowest BCUT2D eigenvalue weighted by atomic mass is 10.1. The molecule has 1 fully saturated rings. The monoisotopic (exact) mass is 342 g/mol. The van der Waals surface area contributed by atoms with Gasteiger partial charge in [0.1, 0.15) is 0 Å². The van der Waals surface area contributed by atoms with Crippen LogP contribution in [0.25, 0.3) is 0 Å². The highest BCUT2D eigenvalue weighted by Crippen LogP contribution is 2.25. The molecule has 1 saturated heterocycles. The molecule has 6 heteroatoms. The second-order valence-corrected chi connectivity index (χ2v) is 7.23. The van der Waals surface area contributed by atoms with E-state index in [1.54, 1.807) is 0 Å². The summed E-state index contributed by atoms with van der Waals surface area (Å²) in [5, 5.41) is 12.5. The third-order valence-corrected chi connectivity index (χ3v) is 5.04. The van der Waals surface area contributed by atoms with Gasteiger partial charge in [-0.2, -0.15) is 0 Å². The van der Waals surface area contributed by atoms with Crippen molar-refractivity contribution in [2.45, 2.75) is 46.2 Å². The van der Waals surface area contributed by atoms with Gasteiger partial charge in [0.2, 0.25) is 0 Å². The van der Waals surface area contributed by atoms with Gasteiger partial charge in [-0.25, -0.2) is 4.68 Å². The van der Waals surface area contributed by atoms with E-state index in [2.05, 4.69) is 76.4 Å². The number of hydrogen-bond donors (Lipinski definition) is 0. The number of rotatable bonds is 7. The maximum absolute atomic E-state index is 4.36. The molecule has 0 radical (unpaired) electrons. The van der Waals surface area contributed by atoms with Gasteiger partial charge in [-0.15, -0.1) is 5.10 Å². The molecule has 1 aliphatic rings. The number of aromatic nitrogens is 4. The Balaban J connectivity index is 1.64. The lowest BCUT2D eigenvalue weighted by Gasteiger charge is -2.39. The Morgan fingerprint density at radius 3 is 2.40 bits per heavy atom. The summed E-state index contributed by atoms with van der Waals surface area (Å²) in [5.41, 5.74) is 1.32. The Kier molecular flexibility index (Phi) is 6.02. The Morgan fingerprint density at radius 1 is 1.04 bits per heavy atom. The van der Waals surface area contributed by atoms with Crippen molar-refractivity contribution in [3.05, 3.63) is 36.2 Å². The molecule has 6 nitrogen and oxygen atoms in total. The Labute approximate surface area is 150 Å². The van der Waals surface area contributed by atoms with Gasteiger partial charge in [-0.05, 0) is 41.3 Å². The average Bonchev–Trinajstić information content (AvgIpc) is 3.10. The lowest BCUT2D eigenvalue weighted by Crippen LogP contribution is -2.48. The molecule has 0 unspecified atom stereocenters. The first-order chi connectivity index (χ1) is 12.2. The van der Waals surface area contributed by atoms with E-state index in [4.69, 9.17) is 0 Å². The topological polar surface area (TPSA) is 50.1 Å². The Hall–Kier alpha value is -1.95. The van der Waals surface area contributed by atoms with Gasteiger partial charge >= 0.3 is 0 Å². The van der Waals surface area contributed by atoms with Crippen molar-refractivity contribution >= 4 is 5.69 Å². The summed E-state index contributed by atoms with van der Waals surface area (Å²) in [6, 6.07) is 11.0. The summed E-state index contributed by atoms with van der Waals surface area (Å²) in [6.07, 6.45) is 2.14. The molecule has 1 aliphatic heterocycles. The fourth-order valence-corrected chi connectivity index (χ4v) is 3.52. The van der Waals surface area contributed by atoms with Gasteiger partial charge in [-0.1, -0.05) is 39.0 Å². The van der Waals surface area contributed by atoms with Crippen molar-refractivity contribution in [3.63, 3.8) is 0 Å². The zero-order chi connectivity index (χ0) is 17.6. The van der Waals surface area contributed by atoms with Crippen LogP contribution in [0.15, 0.2) is 30.3 Å². The van der Waals surface area contributed by atoms with E-state index in [-0.39, 0.29) is 0 Å². The molecule has 1 atom stereocenters. The molecule has 2 heterocycles. The third-order valence-electron chi connectivity index (χ3n) is 5.04. The minimum atomic E-state index is 0.306. The first-order valence-corrected chi connectivity index (χ1v) is 9.49. The minimum absolute atomic E-state index is 0.306. The molecule has 1 aromatic heterocycles. The average molecular weight is 342 g/mol. The zero-order valence-corrected chi connectivity index (χ0v) is 15.7. The maximum atomic E-state index is 4.36. The normalized spacial score (nSPS) is 17.2. The van der Waals surface area contributed by atoms with E-state index in [9.17, 15) is 0 Å². The predicted octanol–water partition coefficient (Wildman–Crippen LogP) is 2.99. The van der Waals surface area contributed by atoms with Crippen LogP contribution in [0.4, 0.5) is 5.69 Å². The summed E-state index contributed by atoms with van der Waals surface area (Å²) in [5.74, 6) is 1.68. The molecule has 3 rings (SSSR count). The Morgan fingerprint density at radius 2 is 1.76 bits per heavy atom. The first kappa shape index (κ1) is 17.9. The van der Waals surface area contributed by atoms with Crippen molar-refractivity contribution < 1.29 is 0 Å². The summed E-state index contributed by atoms with van der Waals surface area (Å²) in [4.78, 5) is 5.00. The van der Waals surface area contributed by atoms with Gasteiger partial charge in [0.25, 0.3) is 0 Å². The minimum Gasteiger partial charge on any atom is -0.369 e. The number of para-hydroxylation sites is 1. The second kappa shape index (κ2) is 8.43. The smallest absolute Gasteiger partial charge is 0.168 e. The fraction of sp³-hybridized carbons (Fsp3) is 0.632. The number of tetrazole rings is 1. The second-order valence-electron chi connectivity index (χ2n) is 7.23. The molecule has 0 aliphatic carbocycles. The van der Waals surface area contributed by atoms with Crippen molar-refractivity contribution in [2.24, 2.45) is 5.92 Å². The SMILES string of the molecule is CC[C@H](c1nnnn1CCC(C)C)N1CCN(c2ccccc2)CC1. The number of anilines is 1. The van der Waals surface area contributed by atoms with E-state index in [0.29, 0.717) is 12.0 Å². The molecule has 0 amide bonds. The van der Waals surface area contributed by atoms with Crippen molar-refractivity contribution in [2.75, 3.05) is 31.1 Å². The van der Waals surface area contributed by atoms with Crippen LogP contribution in [-0.4, -0.2) is 51.3 Å². The number of piperazine rings is 1. The molecule has 136 valence electrons. The van der Waals surface area contributed by atoms with Crippen molar-refractivity contribution in [1.29, 1.82) is 0 Å². The van der Waals surface area contributed by atoms with Crippen LogP contribution in [0.3, 0.4) is 0 Å². The number of aryl methyl sites for hydroxylation is 1. The van der Waals surface area contributed by atoms with Crippen LogP contribution in [0.5, 0.6) is 0 Å². The van der Waals surface area contributed by atoms with Crippen LogP contribution in [0.1, 0.15) is 45.5 Å². The molecule has 25 heavy (non-hydrogen) atoms. The van der Waals surface area contributed by atoms with Gasteiger partial charge in [0.15, 0.2) is 5.82 Å². The first-order valence-electron chi connectivity index (χ1n) is 9.49. The third kappa shape index (κ3) is 4.37.